The Kier molecular flexibility index (Phi) is 5.83. The third-order valence-electron chi connectivity index (χ3n) is 2.02. The Morgan fingerprint density at radius 2 is 2.00 bits per heavy atom. The highest BCUT2D eigenvalue weighted by Crippen LogP contribution is 2.33. The third-order valence-corrected chi connectivity index (χ3v) is 2.71. The third kappa shape index (κ3) is 3.93. The van der Waals surface area contributed by atoms with Crippen molar-refractivity contribution >= 4 is 22.1 Å². The van der Waals surface area contributed by atoms with Gasteiger partial charge in [-0.2, -0.15) is 0 Å². The average Bonchev–Trinajstić information content (AvgIpc) is 2.32. The predicted octanol–water partition coefficient (Wildman–Crippen LogP) is 3.44. The number of halogens is 1. The first-order valence-corrected chi connectivity index (χ1v) is 6.28. The van der Waals surface area contributed by atoms with Gasteiger partial charge in [0.1, 0.15) is 0 Å². The topological polar surface area (TPSA) is 51.0 Å². The molecule has 0 aromatic heterocycles. The maximum absolute atomic E-state index is 8.55. The lowest BCUT2D eigenvalue weighted by Crippen LogP contribution is -2.01. The Morgan fingerprint density at radius 3 is 2.59 bits per heavy atom. The molecule has 0 atom stereocenters. The number of benzene rings is 1. The number of nitrogens with zero attached hydrogens (tertiary/aromatic N) is 1. The average molecular weight is 302 g/mol. The van der Waals surface area contributed by atoms with Gasteiger partial charge in [0, 0.05) is 10.0 Å². The van der Waals surface area contributed by atoms with Crippen molar-refractivity contribution in [3.8, 4) is 11.5 Å². The summed E-state index contributed by atoms with van der Waals surface area (Å²) in [7, 11) is 0. The lowest BCUT2D eigenvalue weighted by Gasteiger charge is -2.13. The van der Waals surface area contributed by atoms with Crippen LogP contribution in [0.5, 0.6) is 11.5 Å². The Bertz CT molecular complexity index is 394. The quantitative estimate of drug-likeness (QED) is 0.497. The molecular formula is C12H16BrNO3. The van der Waals surface area contributed by atoms with Crippen LogP contribution in [0, 0.1) is 0 Å². The second-order valence-electron chi connectivity index (χ2n) is 3.35. The monoisotopic (exact) mass is 301 g/mol. The summed E-state index contributed by atoms with van der Waals surface area (Å²) in [5, 5.41) is 11.6. The molecule has 0 saturated carbocycles. The van der Waals surface area contributed by atoms with Gasteiger partial charge in [0.15, 0.2) is 11.5 Å². The van der Waals surface area contributed by atoms with E-state index < -0.39 is 0 Å². The van der Waals surface area contributed by atoms with E-state index in [0.29, 0.717) is 24.7 Å². The summed E-state index contributed by atoms with van der Waals surface area (Å²) in [6.45, 7) is 5.15. The normalized spacial score (nSPS) is 10.8. The molecule has 17 heavy (non-hydrogen) atoms. The first-order valence-electron chi connectivity index (χ1n) is 5.49. The zero-order valence-electron chi connectivity index (χ0n) is 9.94. The minimum atomic E-state index is 0.555. The fraction of sp³-hybridized carbons (Fsp3) is 0.417. The van der Waals surface area contributed by atoms with E-state index in [2.05, 4.69) is 21.1 Å². The van der Waals surface area contributed by atoms with Crippen LogP contribution in [0.1, 0.15) is 25.8 Å². The fourth-order valence-electron chi connectivity index (χ4n) is 1.31. The first-order chi connectivity index (χ1) is 8.22. The van der Waals surface area contributed by atoms with Crippen LogP contribution in [0.2, 0.25) is 0 Å². The maximum Gasteiger partial charge on any atom is 0.162 e. The van der Waals surface area contributed by atoms with Crippen molar-refractivity contribution in [1.29, 1.82) is 0 Å². The van der Waals surface area contributed by atoms with Crippen LogP contribution in [-0.2, 0) is 0 Å². The lowest BCUT2D eigenvalue weighted by atomic mass is 10.2. The summed E-state index contributed by atoms with van der Waals surface area (Å²) in [5.41, 5.74) is 0.736. The molecule has 0 spiro atoms. The summed E-state index contributed by atoms with van der Waals surface area (Å²) >= 11 is 3.39. The van der Waals surface area contributed by atoms with E-state index in [4.69, 9.17) is 14.7 Å². The van der Waals surface area contributed by atoms with Crippen LogP contribution in [0.4, 0.5) is 0 Å². The van der Waals surface area contributed by atoms with E-state index in [1.807, 2.05) is 19.9 Å². The highest BCUT2D eigenvalue weighted by molar-refractivity contribution is 9.10. The first kappa shape index (κ1) is 13.8. The van der Waals surface area contributed by atoms with Gasteiger partial charge in [0.05, 0.1) is 19.4 Å². The molecule has 0 fully saturated rings. The van der Waals surface area contributed by atoms with Gasteiger partial charge in [0.2, 0.25) is 0 Å². The molecule has 1 N–H and O–H groups in total. The second-order valence-corrected chi connectivity index (χ2v) is 4.20. The highest BCUT2D eigenvalue weighted by Gasteiger charge is 2.09. The van der Waals surface area contributed by atoms with Crippen LogP contribution < -0.4 is 9.47 Å². The van der Waals surface area contributed by atoms with E-state index in [0.717, 1.165) is 16.5 Å². The molecule has 1 aromatic carbocycles. The van der Waals surface area contributed by atoms with Gasteiger partial charge in [-0.15, -0.1) is 0 Å². The number of hydrogen-bond donors (Lipinski definition) is 1. The molecule has 1 rings (SSSR count). The predicted molar refractivity (Wildman–Crippen MR) is 70.5 cm³/mol. The van der Waals surface area contributed by atoms with E-state index in [-0.39, 0.29) is 0 Å². The standard InChI is InChI=1S/C12H16BrNO3/c1-3-5-17-12-7-10(13)9(8-14-15)6-11(12)16-4-2/h6-8,15H,3-5H2,1-2H3/b14-8+. The number of ether oxygens (including phenoxy) is 2. The summed E-state index contributed by atoms with van der Waals surface area (Å²) in [5.74, 6) is 1.34. The fourth-order valence-corrected chi connectivity index (χ4v) is 1.73. The van der Waals surface area contributed by atoms with E-state index in [1.165, 1.54) is 6.21 Å². The smallest absolute Gasteiger partial charge is 0.162 e. The Balaban J connectivity index is 3.06. The van der Waals surface area contributed by atoms with Crippen LogP contribution in [0.25, 0.3) is 0 Å². The zero-order chi connectivity index (χ0) is 12.7. The largest absolute Gasteiger partial charge is 0.490 e. The van der Waals surface area contributed by atoms with Crippen LogP contribution >= 0.6 is 15.9 Å². The van der Waals surface area contributed by atoms with Crippen LogP contribution in [0.3, 0.4) is 0 Å². The van der Waals surface area contributed by atoms with Gasteiger partial charge in [-0.05, 0) is 41.4 Å². The van der Waals surface area contributed by atoms with Gasteiger partial charge in [-0.3, -0.25) is 0 Å². The molecule has 0 aliphatic carbocycles. The minimum Gasteiger partial charge on any atom is -0.490 e. The molecule has 0 aliphatic heterocycles. The van der Waals surface area contributed by atoms with Crippen molar-refractivity contribution < 1.29 is 14.7 Å². The molecule has 0 aliphatic rings. The highest BCUT2D eigenvalue weighted by atomic mass is 79.9. The van der Waals surface area contributed by atoms with Gasteiger partial charge >= 0.3 is 0 Å². The molecule has 0 bridgehead atoms. The molecule has 0 heterocycles. The van der Waals surface area contributed by atoms with Crippen molar-refractivity contribution in [3.63, 3.8) is 0 Å². The van der Waals surface area contributed by atoms with Crippen LogP contribution in [-0.4, -0.2) is 24.6 Å². The van der Waals surface area contributed by atoms with Gasteiger partial charge < -0.3 is 14.7 Å². The molecular weight excluding hydrogens is 286 g/mol. The minimum absolute atomic E-state index is 0.555. The summed E-state index contributed by atoms with van der Waals surface area (Å²) in [6, 6.07) is 3.59. The van der Waals surface area contributed by atoms with Crippen molar-refractivity contribution in [1.82, 2.24) is 0 Å². The van der Waals surface area contributed by atoms with E-state index in [9.17, 15) is 0 Å². The summed E-state index contributed by atoms with van der Waals surface area (Å²) in [6.07, 6.45) is 2.28. The Hall–Kier alpha value is -1.23. The lowest BCUT2D eigenvalue weighted by molar-refractivity contribution is 0.276. The molecule has 0 saturated heterocycles. The molecule has 0 unspecified atom stereocenters. The van der Waals surface area contributed by atoms with E-state index in [1.54, 1.807) is 6.07 Å². The SMILES string of the molecule is CCCOc1cc(Br)c(/C=N/O)cc1OCC. The molecule has 5 heteroatoms. The van der Waals surface area contributed by atoms with E-state index >= 15 is 0 Å². The zero-order valence-corrected chi connectivity index (χ0v) is 11.5. The molecule has 94 valence electrons. The van der Waals surface area contributed by atoms with Crippen molar-refractivity contribution in [2.24, 2.45) is 5.16 Å². The van der Waals surface area contributed by atoms with Gasteiger partial charge in [0.25, 0.3) is 0 Å². The molecule has 4 nitrogen and oxygen atoms in total. The number of hydrogen-bond acceptors (Lipinski definition) is 4. The summed E-state index contributed by atoms with van der Waals surface area (Å²) < 4.78 is 11.9. The van der Waals surface area contributed by atoms with Gasteiger partial charge in [-0.1, -0.05) is 12.1 Å². The Labute approximate surface area is 109 Å². The van der Waals surface area contributed by atoms with Crippen LogP contribution in [0.15, 0.2) is 21.8 Å². The molecule has 0 radical (unpaired) electrons. The Morgan fingerprint density at radius 1 is 1.29 bits per heavy atom. The second kappa shape index (κ2) is 7.17. The molecule has 0 amide bonds. The van der Waals surface area contributed by atoms with Crippen molar-refractivity contribution in [2.45, 2.75) is 20.3 Å². The van der Waals surface area contributed by atoms with Crippen molar-refractivity contribution in [2.75, 3.05) is 13.2 Å². The van der Waals surface area contributed by atoms with Gasteiger partial charge in [-0.25, -0.2) is 0 Å². The maximum atomic E-state index is 8.55. The summed E-state index contributed by atoms with van der Waals surface area (Å²) in [4.78, 5) is 0. The number of rotatable bonds is 6. The van der Waals surface area contributed by atoms with Crippen molar-refractivity contribution in [3.05, 3.63) is 22.2 Å². The molecule has 1 aromatic rings. The number of oxime groups is 1.